The first-order chi connectivity index (χ1) is 16.1. The van der Waals surface area contributed by atoms with Gasteiger partial charge in [-0.25, -0.2) is 0 Å². The van der Waals surface area contributed by atoms with Crippen LogP contribution in [-0.4, -0.2) is 41.5 Å². The molecule has 1 saturated heterocycles. The van der Waals surface area contributed by atoms with Crippen LogP contribution in [0.2, 0.25) is 0 Å². The Bertz CT molecular complexity index is 1030. The van der Waals surface area contributed by atoms with Crippen molar-refractivity contribution in [3.05, 3.63) is 90.3 Å². The number of nitrogens with one attached hydrogen (secondary N) is 1. The second-order valence-electron chi connectivity index (χ2n) is 9.56. The third-order valence-corrected chi connectivity index (χ3v) is 6.81. The molecule has 0 saturated carbocycles. The molecule has 172 valence electrons. The first kappa shape index (κ1) is 23.2. The summed E-state index contributed by atoms with van der Waals surface area (Å²) in [4.78, 5) is 20.2. The topological polar surface area (TPSA) is 45.2 Å². The molecule has 4 nitrogen and oxygen atoms in total. The van der Waals surface area contributed by atoms with Gasteiger partial charge in [0.2, 0.25) is 5.91 Å². The molecule has 1 aromatic heterocycles. The van der Waals surface area contributed by atoms with Crippen LogP contribution >= 0.6 is 0 Å². The van der Waals surface area contributed by atoms with Crippen LogP contribution in [0.1, 0.15) is 37.8 Å². The number of benzene rings is 2. The summed E-state index contributed by atoms with van der Waals surface area (Å²) < 4.78 is 0. The third kappa shape index (κ3) is 5.88. The van der Waals surface area contributed by atoms with Crippen molar-refractivity contribution < 1.29 is 4.79 Å². The van der Waals surface area contributed by atoms with E-state index in [1.54, 1.807) is 0 Å². The van der Waals surface area contributed by atoms with Crippen molar-refractivity contribution in [2.24, 2.45) is 5.41 Å². The lowest BCUT2D eigenvalue weighted by molar-refractivity contribution is -0.134. The fourth-order valence-electron chi connectivity index (χ4n) is 4.89. The number of hydrogen-bond donors (Lipinski definition) is 1. The van der Waals surface area contributed by atoms with Gasteiger partial charge in [-0.15, -0.1) is 0 Å². The van der Waals surface area contributed by atoms with Gasteiger partial charge in [-0.3, -0.25) is 9.78 Å². The molecular weight excluding hydrogens is 406 g/mol. The van der Waals surface area contributed by atoms with Crippen LogP contribution in [0.3, 0.4) is 0 Å². The lowest BCUT2D eigenvalue weighted by Gasteiger charge is -2.41. The van der Waals surface area contributed by atoms with Gasteiger partial charge < -0.3 is 10.2 Å². The largest absolute Gasteiger partial charge is 0.353 e. The maximum atomic E-state index is 13.5. The number of carbonyl (C=O) groups is 1. The number of rotatable bonds is 8. The van der Waals surface area contributed by atoms with E-state index >= 15 is 0 Å². The van der Waals surface area contributed by atoms with Crippen LogP contribution in [0.25, 0.3) is 11.1 Å². The Labute approximate surface area is 198 Å². The van der Waals surface area contributed by atoms with Gasteiger partial charge in [0.25, 0.3) is 0 Å². The van der Waals surface area contributed by atoms with Crippen molar-refractivity contribution in [2.75, 3.05) is 19.6 Å². The van der Waals surface area contributed by atoms with Gasteiger partial charge in [-0.2, -0.15) is 0 Å². The molecule has 4 heteroatoms. The van der Waals surface area contributed by atoms with Crippen molar-refractivity contribution in [1.82, 2.24) is 15.2 Å². The van der Waals surface area contributed by atoms with E-state index in [9.17, 15) is 4.79 Å². The zero-order valence-corrected chi connectivity index (χ0v) is 19.8. The maximum Gasteiger partial charge on any atom is 0.226 e. The Morgan fingerprint density at radius 3 is 2.33 bits per heavy atom. The standard InChI is InChI=1S/C29H35N3O/c1-23(2)31-28(33)29(15-20-32(21-16-29)19-14-24-8-4-3-5-9-24)22-26-10-6-7-11-27(26)25-12-17-30-18-13-25/h3-13,17-18,23H,14-16,19-22H2,1-2H3,(H,31,33). The average Bonchev–Trinajstić information content (AvgIpc) is 2.85. The second kappa shape index (κ2) is 10.8. The fraction of sp³-hybridized carbons (Fsp3) is 0.379. The van der Waals surface area contributed by atoms with Crippen LogP contribution in [0.4, 0.5) is 0 Å². The van der Waals surface area contributed by atoms with E-state index in [-0.39, 0.29) is 17.4 Å². The molecule has 0 radical (unpaired) electrons. The molecule has 1 N–H and O–H groups in total. The predicted molar refractivity (Wildman–Crippen MR) is 135 cm³/mol. The van der Waals surface area contributed by atoms with Crippen LogP contribution < -0.4 is 5.32 Å². The molecular formula is C29H35N3O. The summed E-state index contributed by atoms with van der Waals surface area (Å²) in [5, 5.41) is 3.24. The molecule has 1 aliphatic heterocycles. The molecule has 2 heterocycles. The number of carbonyl (C=O) groups excluding carboxylic acids is 1. The molecule has 0 spiro atoms. The first-order valence-electron chi connectivity index (χ1n) is 12.1. The highest BCUT2D eigenvalue weighted by Gasteiger charge is 2.41. The van der Waals surface area contributed by atoms with E-state index in [4.69, 9.17) is 0 Å². The summed E-state index contributed by atoms with van der Waals surface area (Å²) in [6, 6.07) is 23.4. The van der Waals surface area contributed by atoms with Crippen LogP contribution in [0.5, 0.6) is 0 Å². The molecule has 0 aliphatic carbocycles. The zero-order chi connectivity index (χ0) is 23.1. The van der Waals surface area contributed by atoms with Crippen molar-refractivity contribution in [1.29, 1.82) is 0 Å². The van der Waals surface area contributed by atoms with E-state index < -0.39 is 0 Å². The Kier molecular flexibility index (Phi) is 7.56. The number of aromatic nitrogens is 1. The molecule has 0 unspecified atom stereocenters. The summed E-state index contributed by atoms with van der Waals surface area (Å²) in [6.45, 7) is 7.04. The van der Waals surface area contributed by atoms with Gasteiger partial charge in [0.05, 0.1) is 5.41 Å². The van der Waals surface area contributed by atoms with E-state index in [1.807, 2.05) is 38.4 Å². The summed E-state index contributed by atoms with van der Waals surface area (Å²) >= 11 is 0. The fourth-order valence-corrected chi connectivity index (χ4v) is 4.89. The van der Waals surface area contributed by atoms with E-state index in [2.05, 4.69) is 69.8 Å². The molecule has 0 bridgehead atoms. The Morgan fingerprint density at radius 2 is 1.64 bits per heavy atom. The van der Waals surface area contributed by atoms with Crippen molar-refractivity contribution in [3.63, 3.8) is 0 Å². The minimum atomic E-state index is -0.378. The van der Waals surface area contributed by atoms with E-state index in [0.29, 0.717) is 0 Å². The molecule has 1 aliphatic rings. The zero-order valence-electron chi connectivity index (χ0n) is 19.8. The SMILES string of the molecule is CC(C)NC(=O)C1(Cc2ccccc2-c2ccncc2)CCN(CCc2ccccc2)CC1. The minimum absolute atomic E-state index is 0.140. The highest BCUT2D eigenvalue weighted by molar-refractivity contribution is 5.84. The minimum Gasteiger partial charge on any atom is -0.353 e. The van der Waals surface area contributed by atoms with Gasteiger partial charge in [0.1, 0.15) is 0 Å². The quantitative estimate of drug-likeness (QED) is 0.526. The van der Waals surface area contributed by atoms with Gasteiger partial charge in [0.15, 0.2) is 0 Å². The number of nitrogens with zero attached hydrogens (tertiary/aromatic N) is 2. The van der Waals surface area contributed by atoms with Crippen molar-refractivity contribution in [2.45, 2.75) is 45.6 Å². The lowest BCUT2D eigenvalue weighted by Crippen LogP contribution is -2.51. The van der Waals surface area contributed by atoms with Gasteiger partial charge in [-0.05, 0) is 87.0 Å². The number of likely N-dealkylation sites (tertiary alicyclic amines) is 1. The number of amides is 1. The number of pyridine rings is 1. The molecule has 33 heavy (non-hydrogen) atoms. The Hall–Kier alpha value is -2.98. The number of hydrogen-bond acceptors (Lipinski definition) is 3. The smallest absolute Gasteiger partial charge is 0.226 e. The van der Waals surface area contributed by atoms with Gasteiger partial charge >= 0.3 is 0 Å². The van der Waals surface area contributed by atoms with Crippen LogP contribution in [0, 0.1) is 5.41 Å². The molecule has 2 aromatic carbocycles. The molecule has 4 rings (SSSR count). The molecule has 1 amide bonds. The Morgan fingerprint density at radius 1 is 0.970 bits per heavy atom. The molecule has 0 atom stereocenters. The van der Waals surface area contributed by atoms with Gasteiger partial charge in [0, 0.05) is 25.0 Å². The predicted octanol–water partition coefficient (Wildman–Crippen LogP) is 5.14. The van der Waals surface area contributed by atoms with E-state index in [1.165, 1.54) is 16.7 Å². The van der Waals surface area contributed by atoms with Crippen molar-refractivity contribution >= 4 is 5.91 Å². The second-order valence-corrected chi connectivity index (χ2v) is 9.56. The summed E-state index contributed by atoms with van der Waals surface area (Å²) in [7, 11) is 0. The normalized spacial score (nSPS) is 16.0. The molecule has 1 fully saturated rings. The van der Waals surface area contributed by atoms with Crippen molar-refractivity contribution in [3.8, 4) is 11.1 Å². The maximum absolute atomic E-state index is 13.5. The van der Waals surface area contributed by atoms with Crippen LogP contribution in [0.15, 0.2) is 79.1 Å². The Balaban J connectivity index is 1.52. The monoisotopic (exact) mass is 441 g/mol. The van der Waals surface area contributed by atoms with E-state index in [0.717, 1.165) is 50.9 Å². The molecule has 3 aromatic rings. The summed E-state index contributed by atoms with van der Waals surface area (Å²) in [6.07, 6.45) is 7.24. The van der Waals surface area contributed by atoms with Crippen LogP contribution in [-0.2, 0) is 17.6 Å². The third-order valence-electron chi connectivity index (χ3n) is 6.81. The summed E-state index contributed by atoms with van der Waals surface area (Å²) in [5.74, 6) is 0.199. The first-order valence-corrected chi connectivity index (χ1v) is 12.1. The average molecular weight is 442 g/mol. The number of piperidine rings is 1. The highest BCUT2D eigenvalue weighted by Crippen LogP contribution is 2.38. The lowest BCUT2D eigenvalue weighted by atomic mass is 9.71. The van der Waals surface area contributed by atoms with Gasteiger partial charge in [-0.1, -0.05) is 54.6 Å². The summed E-state index contributed by atoms with van der Waals surface area (Å²) in [5.41, 5.74) is 4.58. The highest BCUT2D eigenvalue weighted by atomic mass is 16.2.